The zero-order chi connectivity index (χ0) is 25.9. The zero-order valence-electron chi connectivity index (χ0n) is 21.6. The van der Waals surface area contributed by atoms with E-state index in [9.17, 15) is 4.79 Å². The van der Waals surface area contributed by atoms with Crippen molar-refractivity contribution in [1.29, 1.82) is 0 Å². The minimum atomic E-state index is -0.195. The summed E-state index contributed by atoms with van der Waals surface area (Å²) in [6, 6.07) is 17.6. The smallest absolute Gasteiger partial charge is 0.351 e. The van der Waals surface area contributed by atoms with Gasteiger partial charge in [0.15, 0.2) is 11.4 Å². The van der Waals surface area contributed by atoms with Crippen molar-refractivity contribution in [3.63, 3.8) is 0 Å². The van der Waals surface area contributed by atoms with Crippen LogP contribution in [0.4, 0.5) is 5.69 Å². The summed E-state index contributed by atoms with van der Waals surface area (Å²) in [5.74, 6) is 1.01. The van der Waals surface area contributed by atoms with Crippen molar-refractivity contribution in [2.24, 2.45) is 5.92 Å². The number of benzene rings is 2. The van der Waals surface area contributed by atoms with Crippen molar-refractivity contribution in [1.82, 2.24) is 24.4 Å². The van der Waals surface area contributed by atoms with Crippen molar-refractivity contribution in [2.45, 2.75) is 19.9 Å². The van der Waals surface area contributed by atoms with Crippen LogP contribution in [0.2, 0.25) is 0 Å². The van der Waals surface area contributed by atoms with Crippen LogP contribution in [0.15, 0.2) is 59.4 Å². The van der Waals surface area contributed by atoms with E-state index in [4.69, 9.17) is 16.4 Å². The number of ether oxygens (including phenoxy) is 1. The first kappa shape index (κ1) is 24.8. The first-order valence-electron chi connectivity index (χ1n) is 12.6. The van der Waals surface area contributed by atoms with E-state index in [1.807, 2.05) is 68.4 Å². The molecule has 3 heterocycles. The predicted molar refractivity (Wildman–Crippen MR) is 146 cm³/mol. The maximum absolute atomic E-state index is 13.8. The second-order valence-electron chi connectivity index (χ2n) is 9.93. The summed E-state index contributed by atoms with van der Waals surface area (Å²) >= 11 is 0. The molecular formula is C29H32N6O2. The average Bonchev–Trinajstić information content (AvgIpc) is 3.54. The van der Waals surface area contributed by atoms with Gasteiger partial charge in [-0.3, -0.25) is 0 Å². The second-order valence-corrected chi connectivity index (χ2v) is 9.93. The number of nitrogens with one attached hydrogen (secondary N) is 1. The van der Waals surface area contributed by atoms with Crippen LogP contribution in [-0.4, -0.2) is 59.4 Å². The Bertz CT molecular complexity index is 1490. The van der Waals surface area contributed by atoms with Gasteiger partial charge in [-0.2, -0.15) is 0 Å². The van der Waals surface area contributed by atoms with Crippen LogP contribution in [0.1, 0.15) is 12.0 Å². The Labute approximate surface area is 216 Å². The van der Waals surface area contributed by atoms with Crippen LogP contribution < -0.4 is 15.7 Å². The molecule has 1 aliphatic rings. The molecule has 0 bridgehead atoms. The third-order valence-electron chi connectivity index (χ3n) is 6.84. The lowest BCUT2D eigenvalue weighted by molar-refractivity contribution is 0.261. The minimum Gasteiger partial charge on any atom is -0.489 e. The highest BCUT2D eigenvalue weighted by Crippen LogP contribution is 2.37. The van der Waals surface area contributed by atoms with E-state index in [2.05, 4.69) is 10.2 Å². The Kier molecular flexibility index (Phi) is 7.08. The van der Waals surface area contributed by atoms with Crippen molar-refractivity contribution in [3.8, 4) is 28.1 Å². The Hall–Kier alpha value is -3.93. The molecular weight excluding hydrogens is 464 g/mol. The normalized spacial score (nSPS) is 15.4. The monoisotopic (exact) mass is 496 g/mol. The number of aryl methyl sites for hydroxylation is 1. The Balaban J connectivity index is 1.75. The molecule has 2 aromatic carbocycles. The van der Waals surface area contributed by atoms with Gasteiger partial charge in [0.2, 0.25) is 5.65 Å². The summed E-state index contributed by atoms with van der Waals surface area (Å²) < 4.78 is 9.61. The molecule has 1 N–H and O–H groups in total. The SMILES string of the molecule is [C-]#[N+]c1ccc(-c2cc(OC[C@@H]3CCNC3)c3nn(CCN(C)C)c(=O)n3c2-c2ccc(C)cc2)cc1. The molecule has 0 radical (unpaired) electrons. The maximum atomic E-state index is 13.8. The minimum absolute atomic E-state index is 0.195. The molecule has 190 valence electrons. The number of pyridine rings is 1. The number of likely N-dealkylation sites (N-methyl/N-ethyl adjacent to an activating group) is 1. The first-order valence-corrected chi connectivity index (χ1v) is 12.6. The van der Waals surface area contributed by atoms with Crippen LogP contribution in [0.3, 0.4) is 0 Å². The van der Waals surface area contributed by atoms with Gasteiger partial charge in [0, 0.05) is 24.6 Å². The number of hydrogen-bond donors (Lipinski definition) is 1. The molecule has 8 nitrogen and oxygen atoms in total. The zero-order valence-corrected chi connectivity index (χ0v) is 21.6. The number of aromatic nitrogens is 3. The highest BCUT2D eigenvalue weighted by molar-refractivity contribution is 5.85. The molecule has 5 rings (SSSR count). The third kappa shape index (κ3) is 5.15. The van der Waals surface area contributed by atoms with Gasteiger partial charge in [-0.15, -0.1) is 5.10 Å². The van der Waals surface area contributed by atoms with Gasteiger partial charge >= 0.3 is 5.69 Å². The molecule has 37 heavy (non-hydrogen) atoms. The molecule has 0 saturated carbocycles. The summed E-state index contributed by atoms with van der Waals surface area (Å²) in [6.07, 6.45) is 1.06. The number of hydrogen-bond acceptors (Lipinski definition) is 5. The van der Waals surface area contributed by atoms with Crippen LogP contribution >= 0.6 is 0 Å². The molecule has 0 amide bonds. The fraction of sp³-hybridized carbons (Fsp3) is 0.345. The highest BCUT2D eigenvalue weighted by atomic mass is 16.5. The molecule has 1 atom stereocenters. The van der Waals surface area contributed by atoms with E-state index < -0.39 is 0 Å². The van der Waals surface area contributed by atoms with E-state index in [1.165, 1.54) is 4.68 Å². The van der Waals surface area contributed by atoms with Crippen molar-refractivity contribution >= 4 is 11.3 Å². The largest absolute Gasteiger partial charge is 0.489 e. The van der Waals surface area contributed by atoms with Gasteiger partial charge in [0.1, 0.15) is 0 Å². The highest BCUT2D eigenvalue weighted by Gasteiger charge is 2.23. The van der Waals surface area contributed by atoms with Gasteiger partial charge in [-0.25, -0.2) is 18.7 Å². The van der Waals surface area contributed by atoms with Gasteiger partial charge in [0.25, 0.3) is 0 Å². The summed E-state index contributed by atoms with van der Waals surface area (Å²) in [5.41, 5.74) is 5.49. The summed E-state index contributed by atoms with van der Waals surface area (Å²) in [4.78, 5) is 19.4. The lowest BCUT2D eigenvalue weighted by Crippen LogP contribution is -2.27. The van der Waals surface area contributed by atoms with Crippen LogP contribution in [0, 0.1) is 19.4 Å². The second kappa shape index (κ2) is 10.6. The third-order valence-corrected chi connectivity index (χ3v) is 6.84. The van der Waals surface area contributed by atoms with Gasteiger partial charge in [-0.1, -0.05) is 54.1 Å². The van der Waals surface area contributed by atoms with Crippen LogP contribution in [0.5, 0.6) is 5.75 Å². The number of rotatable bonds is 8. The Morgan fingerprint density at radius 3 is 2.51 bits per heavy atom. The van der Waals surface area contributed by atoms with Crippen molar-refractivity contribution < 1.29 is 4.74 Å². The van der Waals surface area contributed by atoms with Crippen LogP contribution in [-0.2, 0) is 6.54 Å². The molecule has 8 heteroatoms. The van der Waals surface area contributed by atoms with E-state index in [1.54, 1.807) is 16.5 Å². The van der Waals surface area contributed by atoms with Gasteiger partial charge < -0.3 is 15.0 Å². The van der Waals surface area contributed by atoms with E-state index in [0.29, 0.717) is 42.7 Å². The van der Waals surface area contributed by atoms with Crippen LogP contribution in [0.25, 0.3) is 32.9 Å². The molecule has 1 saturated heterocycles. The van der Waals surface area contributed by atoms with E-state index in [0.717, 1.165) is 47.5 Å². The van der Waals surface area contributed by atoms with Crippen molar-refractivity contribution in [2.75, 3.05) is 40.3 Å². The standard InChI is InChI=1S/C29H32N6O2/c1-20-5-7-23(8-6-20)27-25(22-9-11-24(30-2)12-10-22)17-26(37-19-21-13-14-31-18-21)28-32-34(16-15-33(3)4)29(36)35(27)28/h5-12,17,21,31H,13-16,18-19H2,1,3-4H3/t21-/m1/s1. The average molecular weight is 497 g/mol. The van der Waals surface area contributed by atoms with Gasteiger partial charge in [0.05, 0.1) is 25.4 Å². The summed E-state index contributed by atoms with van der Waals surface area (Å²) in [5, 5.41) is 8.14. The molecule has 4 aromatic rings. The molecule has 2 aromatic heterocycles. The molecule has 0 unspecified atom stereocenters. The molecule has 1 aliphatic heterocycles. The van der Waals surface area contributed by atoms with Crippen molar-refractivity contribution in [3.05, 3.63) is 82.1 Å². The quantitative estimate of drug-likeness (QED) is 0.370. The molecule has 0 aliphatic carbocycles. The molecule has 0 spiro atoms. The molecule has 1 fully saturated rings. The lowest BCUT2D eigenvalue weighted by atomic mass is 9.98. The van der Waals surface area contributed by atoms with E-state index >= 15 is 0 Å². The fourth-order valence-electron chi connectivity index (χ4n) is 4.70. The van der Waals surface area contributed by atoms with Gasteiger partial charge in [-0.05, 0) is 51.2 Å². The number of fused-ring (bicyclic) bond motifs is 1. The Morgan fingerprint density at radius 2 is 1.86 bits per heavy atom. The lowest BCUT2D eigenvalue weighted by Gasteiger charge is -2.17. The van der Waals surface area contributed by atoms with E-state index in [-0.39, 0.29) is 5.69 Å². The Morgan fingerprint density at radius 1 is 1.14 bits per heavy atom. The predicted octanol–water partition coefficient (Wildman–Crippen LogP) is 4.24. The summed E-state index contributed by atoms with van der Waals surface area (Å²) in [7, 11) is 3.96. The number of nitrogens with zero attached hydrogens (tertiary/aromatic N) is 5. The maximum Gasteiger partial charge on any atom is 0.351 e. The topological polar surface area (TPSA) is 68.2 Å². The summed E-state index contributed by atoms with van der Waals surface area (Å²) in [6.45, 7) is 13.0. The fourth-order valence-corrected chi connectivity index (χ4v) is 4.70. The first-order chi connectivity index (χ1) is 17.9.